The van der Waals surface area contributed by atoms with Crippen molar-refractivity contribution in [3.05, 3.63) is 46.4 Å². The van der Waals surface area contributed by atoms with E-state index in [1.54, 1.807) is 28.9 Å². The fraction of sp³-hybridized carbons (Fsp3) is 0.409. The summed E-state index contributed by atoms with van der Waals surface area (Å²) in [6.07, 6.45) is 3.65. The van der Waals surface area contributed by atoms with Gasteiger partial charge in [-0.1, -0.05) is 13.8 Å². The van der Waals surface area contributed by atoms with Crippen molar-refractivity contribution in [1.29, 1.82) is 0 Å². The lowest BCUT2D eigenvalue weighted by Crippen LogP contribution is -2.44. The smallest absolute Gasteiger partial charge is 0.407 e. The number of hydrogen-bond acceptors (Lipinski definition) is 7. The lowest BCUT2D eigenvalue weighted by atomic mass is 9.91. The Balaban J connectivity index is 1.79. The van der Waals surface area contributed by atoms with Crippen LogP contribution in [0.5, 0.6) is 5.75 Å². The van der Waals surface area contributed by atoms with Crippen LogP contribution in [0.25, 0.3) is 16.8 Å². The number of carbonyl (C=O) groups is 1. The van der Waals surface area contributed by atoms with Gasteiger partial charge < -0.3 is 20.1 Å². The lowest BCUT2D eigenvalue weighted by molar-refractivity contribution is -0.383. The van der Waals surface area contributed by atoms with E-state index in [0.717, 1.165) is 17.5 Å². The van der Waals surface area contributed by atoms with Crippen molar-refractivity contribution in [2.24, 2.45) is 0 Å². The molecule has 4 rings (SSSR count). The number of nitrogens with one attached hydrogen (secondary N) is 1. The van der Waals surface area contributed by atoms with Crippen molar-refractivity contribution < 1.29 is 19.6 Å². The summed E-state index contributed by atoms with van der Waals surface area (Å²) in [6.45, 7) is 4.79. The first-order chi connectivity index (χ1) is 15.8. The number of aromatic nitrogens is 3. The summed E-state index contributed by atoms with van der Waals surface area (Å²) in [7, 11) is 1.54. The summed E-state index contributed by atoms with van der Waals surface area (Å²) in [4.78, 5) is 28.5. The third-order valence-electron chi connectivity index (χ3n) is 5.91. The van der Waals surface area contributed by atoms with E-state index in [9.17, 15) is 20.0 Å². The van der Waals surface area contributed by atoms with Crippen molar-refractivity contribution in [3.63, 3.8) is 0 Å². The summed E-state index contributed by atoms with van der Waals surface area (Å²) >= 11 is 0. The van der Waals surface area contributed by atoms with Crippen LogP contribution in [0.3, 0.4) is 0 Å². The number of likely N-dealkylation sites (tertiary alicyclic amines) is 1. The summed E-state index contributed by atoms with van der Waals surface area (Å²) in [5.41, 5.74) is 3.21. The molecule has 33 heavy (non-hydrogen) atoms. The molecular formula is C22H26N6O5. The molecule has 1 saturated heterocycles. The lowest BCUT2D eigenvalue weighted by Gasteiger charge is -2.32. The zero-order valence-corrected chi connectivity index (χ0v) is 18.7. The number of pyridine rings is 1. The summed E-state index contributed by atoms with van der Waals surface area (Å²) in [5, 5.41) is 28.7. The van der Waals surface area contributed by atoms with Gasteiger partial charge in [0.05, 0.1) is 12.0 Å². The fourth-order valence-electron chi connectivity index (χ4n) is 4.28. The second kappa shape index (κ2) is 8.93. The predicted molar refractivity (Wildman–Crippen MR) is 122 cm³/mol. The number of ether oxygens (including phenoxy) is 1. The molecule has 1 atom stereocenters. The molecule has 174 valence electrons. The molecule has 3 aromatic rings. The molecule has 1 amide bonds. The molecule has 2 aromatic heterocycles. The fourth-order valence-corrected chi connectivity index (χ4v) is 4.28. The molecule has 3 heterocycles. The number of methoxy groups -OCH3 is 1. The molecule has 0 aliphatic carbocycles. The first-order valence-corrected chi connectivity index (χ1v) is 10.7. The topological polar surface area (TPSA) is 135 Å². The third-order valence-corrected chi connectivity index (χ3v) is 5.91. The largest absolute Gasteiger partial charge is 0.493 e. The number of hydrogen-bond donors (Lipinski definition) is 2. The van der Waals surface area contributed by atoms with E-state index in [2.05, 4.69) is 15.4 Å². The van der Waals surface area contributed by atoms with Crippen LogP contribution in [0, 0.1) is 10.1 Å². The Labute approximate surface area is 190 Å². The number of anilines is 1. The minimum Gasteiger partial charge on any atom is -0.493 e. The minimum absolute atomic E-state index is 0.0699. The monoisotopic (exact) mass is 454 g/mol. The minimum atomic E-state index is -0.980. The van der Waals surface area contributed by atoms with Gasteiger partial charge >= 0.3 is 6.09 Å². The van der Waals surface area contributed by atoms with E-state index in [1.807, 2.05) is 13.8 Å². The molecular weight excluding hydrogens is 428 g/mol. The van der Waals surface area contributed by atoms with Gasteiger partial charge in [0.15, 0.2) is 11.4 Å². The molecule has 1 aliphatic rings. The average molecular weight is 454 g/mol. The summed E-state index contributed by atoms with van der Waals surface area (Å²) < 4.78 is 7.04. The maximum Gasteiger partial charge on any atom is 0.407 e. The molecule has 1 fully saturated rings. The van der Waals surface area contributed by atoms with Gasteiger partial charge in [-0.15, -0.1) is 0 Å². The maximum atomic E-state index is 12.0. The Morgan fingerprint density at radius 2 is 2.15 bits per heavy atom. The number of benzene rings is 1. The first kappa shape index (κ1) is 22.3. The van der Waals surface area contributed by atoms with Gasteiger partial charge in [-0.2, -0.15) is 5.10 Å². The Morgan fingerprint density at radius 3 is 2.82 bits per heavy atom. The highest BCUT2D eigenvalue weighted by Crippen LogP contribution is 2.39. The SMILES string of the molecule is COc1cc(-c2cc([N+](=O)[O-])c(NC3CCCN(C(=O)O)C3)cc2C(C)C)cn2ncnc12. The van der Waals surface area contributed by atoms with Gasteiger partial charge in [-0.25, -0.2) is 14.3 Å². The van der Waals surface area contributed by atoms with Crippen LogP contribution < -0.4 is 10.1 Å². The number of carboxylic acid groups (broad SMARTS) is 1. The van der Waals surface area contributed by atoms with E-state index in [1.165, 1.54) is 18.3 Å². The summed E-state index contributed by atoms with van der Waals surface area (Å²) in [5.74, 6) is 0.584. The Kier molecular flexibility index (Phi) is 6.03. The number of piperidine rings is 1. The highest BCUT2D eigenvalue weighted by Gasteiger charge is 2.27. The predicted octanol–water partition coefficient (Wildman–Crippen LogP) is 3.99. The zero-order valence-electron chi connectivity index (χ0n) is 18.7. The van der Waals surface area contributed by atoms with E-state index >= 15 is 0 Å². The molecule has 0 saturated carbocycles. The average Bonchev–Trinajstić information content (AvgIpc) is 3.27. The number of amides is 1. The van der Waals surface area contributed by atoms with Crippen molar-refractivity contribution in [1.82, 2.24) is 19.5 Å². The summed E-state index contributed by atoms with van der Waals surface area (Å²) in [6, 6.07) is 4.96. The number of rotatable bonds is 6. The van der Waals surface area contributed by atoms with Gasteiger partial charge in [-0.3, -0.25) is 10.1 Å². The molecule has 11 nitrogen and oxygen atoms in total. The molecule has 0 bridgehead atoms. The maximum absolute atomic E-state index is 12.0. The van der Waals surface area contributed by atoms with Crippen LogP contribution in [0.15, 0.2) is 30.7 Å². The van der Waals surface area contributed by atoms with Gasteiger partial charge in [0.2, 0.25) is 0 Å². The Hall–Kier alpha value is -3.89. The second-order valence-corrected chi connectivity index (χ2v) is 8.41. The normalized spacial score (nSPS) is 16.2. The number of nitro benzene ring substituents is 1. The molecule has 1 aliphatic heterocycles. The van der Waals surface area contributed by atoms with Crippen LogP contribution in [-0.4, -0.2) is 61.9 Å². The number of nitrogens with zero attached hydrogens (tertiary/aromatic N) is 5. The first-order valence-electron chi connectivity index (χ1n) is 10.7. The van der Waals surface area contributed by atoms with Gasteiger partial charge in [0.1, 0.15) is 12.0 Å². The third kappa shape index (κ3) is 4.38. The van der Waals surface area contributed by atoms with Gasteiger partial charge in [0, 0.05) is 37.0 Å². The quantitative estimate of drug-likeness (QED) is 0.422. The molecule has 1 aromatic carbocycles. The number of nitro groups is 1. The van der Waals surface area contributed by atoms with Crippen LogP contribution >= 0.6 is 0 Å². The van der Waals surface area contributed by atoms with E-state index < -0.39 is 11.0 Å². The number of fused-ring (bicyclic) bond motifs is 1. The van der Waals surface area contributed by atoms with Crippen molar-refractivity contribution in [3.8, 4) is 16.9 Å². The zero-order chi connectivity index (χ0) is 23.7. The molecule has 0 spiro atoms. The van der Waals surface area contributed by atoms with Crippen LogP contribution in [0.2, 0.25) is 0 Å². The highest BCUT2D eigenvalue weighted by atomic mass is 16.6. The molecule has 11 heteroatoms. The molecule has 2 N–H and O–H groups in total. The highest BCUT2D eigenvalue weighted by molar-refractivity contribution is 5.79. The second-order valence-electron chi connectivity index (χ2n) is 8.41. The molecule has 0 radical (unpaired) electrons. The Morgan fingerprint density at radius 1 is 1.36 bits per heavy atom. The van der Waals surface area contributed by atoms with Crippen molar-refractivity contribution in [2.75, 3.05) is 25.5 Å². The van der Waals surface area contributed by atoms with Crippen LogP contribution in [0.4, 0.5) is 16.2 Å². The van der Waals surface area contributed by atoms with E-state index in [-0.39, 0.29) is 24.2 Å². The van der Waals surface area contributed by atoms with Crippen LogP contribution in [0.1, 0.15) is 38.2 Å². The van der Waals surface area contributed by atoms with E-state index in [0.29, 0.717) is 35.6 Å². The van der Waals surface area contributed by atoms with Crippen LogP contribution in [-0.2, 0) is 0 Å². The Bertz CT molecular complexity index is 1210. The standard InChI is InChI=1S/C22H26N6O5/c1-13(2)16-8-18(25-15-5-4-6-26(11-15)22(29)30)19(28(31)32)9-17(16)14-7-20(33-3)21-23-12-24-27(21)10-14/h7-10,12-13,15,25H,4-6,11H2,1-3H3,(H,29,30). The molecule has 1 unspecified atom stereocenters. The van der Waals surface area contributed by atoms with Gasteiger partial charge in [-0.05, 0) is 42.0 Å². The van der Waals surface area contributed by atoms with Gasteiger partial charge in [0.25, 0.3) is 5.69 Å². The van der Waals surface area contributed by atoms with E-state index in [4.69, 9.17) is 4.74 Å². The van der Waals surface area contributed by atoms with Crippen molar-refractivity contribution >= 4 is 23.1 Å². The van der Waals surface area contributed by atoms with Crippen molar-refractivity contribution in [2.45, 2.75) is 38.6 Å².